The van der Waals surface area contributed by atoms with Crippen LogP contribution in [0, 0.1) is 6.92 Å². The molecule has 0 saturated carbocycles. The highest BCUT2D eigenvalue weighted by Gasteiger charge is 2.22. The van der Waals surface area contributed by atoms with Gasteiger partial charge in [0.1, 0.15) is 10.6 Å². The summed E-state index contributed by atoms with van der Waals surface area (Å²) in [6.07, 6.45) is 0.558. The maximum atomic E-state index is 12.5. The average molecular weight is 383 g/mol. The molecule has 0 aliphatic heterocycles. The van der Waals surface area contributed by atoms with Gasteiger partial charge in [0.05, 0.1) is 0 Å². The zero-order chi connectivity index (χ0) is 19.1. The smallest absolute Gasteiger partial charge is 0.387 e. The number of hydrogen-bond acceptors (Lipinski definition) is 4. The van der Waals surface area contributed by atoms with Gasteiger partial charge in [-0.25, -0.2) is 0 Å². The Morgan fingerprint density at radius 1 is 1.27 bits per heavy atom. The first-order valence-electron chi connectivity index (χ1n) is 7.97. The molecule has 1 amide bonds. The van der Waals surface area contributed by atoms with E-state index in [1.807, 2.05) is 30.3 Å². The number of ether oxygens (including phenoxy) is 1. The molecule has 0 bridgehead atoms. The van der Waals surface area contributed by atoms with Gasteiger partial charge in [0.15, 0.2) is 0 Å². The van der Waals surface area contributed by atoms with E-state index in [0.29, 0.717) is 11.3 Å². The zero-order valence-electron chi connectivity index (χ0n) is 14.1. The van der Waals surface area contributed by atoms with Crippen molar-refractivity contribution in [1.82, 2.24) is 5.32 Å². The molecule has 0 aliphatic carbocycles. The predicted octanol–water partition coefficient (Wildman–Crippen LogP) is 3.86. The summed E-state index contributed by atoms with van der Waals surface area (Å²) in [5.74, 6) is -1.69. The molecule has 140 valence electrons. The van der Waals surface area contributed by atoms with Crippen LogP contribution in [-0.4, -0.2) is 29.6 Å². The SMILES string of the molecule is Cc1cc(OC(F)F)c(C(=O)NC(CCC(=O)O)Cc2ccccc2)s1. The number of carbonyl (C=O) groups excluding carboxylic acids is 1. The van der Waals surface area contributed by atoms with Crippen molar-refractivity contribution in [2.24, 2.45) is 0 Å². The summed E-state index contributed by atoms with van der Waals surface area (Å²) in [6.45, 7) is -1.34. The third kappa shape index (κ3) is 6.11. The minimum absolute atomic E-state index is 0.0520. The maximum absolute atomic E-state index is 12.5. The lowest BCUT2D eigenvalue weighted by Crippen LogP contribution is -2.36. The van der Waals surface area contributed by atoms with E-state index < -0.39 is 24.5 Å². The Labute approximate surface area is 153 Å². The number of hydrogen-bond donors (Lipinski definition) is 2. The zero-order valence-corrected chi connectivity index (χ0v) is 14.9. The molecule has 1 unspecified atom stereocenters. The van der Waals surface area contributed by atoms with E-state index in [1.54, 1.807) is 6.92 Å². The van der Waals surface area contributed by atoms with Crippen molar-refractivity contribution in [2.45, 2.75) is 38.8 Å². The molecule has 2 aromatic rings. The van der Waals surface area contributed by atoms with Crippen LogP contribution in [0.4, 0.5) is 8.78 Å². The fourth-order valence-electron chi connectivity index (χ4n) is 2.51. The highest BCUT2D eigenvalue weighted by Crippen LogP contribution is 2.30. The summed E-state index contributed by atoms with van der Waals surface area (Å²) in [5.41, 5.74) is 0.939. The largest absolute Gasteiger partial charge is 0.481 e. The number of benzene rings is 1. The van der Waals surface area contributed by atoms with E-state index in [-0.39, 0.29) is 23.5 Å². The number of carbonyl (C=O) groups is 2. The van der Waals surface area contributed by atoms with Crippen LogP contribution in [-0.2, 0) is 11.2 Å². The molecule has 2 N–H and O–H groups in total. The topological polar surface area (TPSA) is 75.6 Å². The first-order chi connectivity index (χ1) is 12.3. The van der Waals surface area contributed by atoms with Gasteiger partial charge in [0.25, 0.3) is 5.91 Å². The molecule has 1 heterocycles. The molecule has 0 radical (unpaired) electrons. The number of rotatable bonds is 9. The van der Waals surface area contributed by atoms with Crippen molar-refractivity contribution in [2.75, 3.05) is 0 Å². The van der Waals surface area contributed by atoms with Gasteiger partial charge >= 0.3 is 12.6 Å². The van der Waals surface area contributed by atoms with Crippen LogP contribution in [0.1, 0.15) is 33.0 Å². The van der Waals surface area contributed by atoms with E-state index in [9.17, 15) is 18.4 Å². The van der Waals surface area contributed by atoms with Gasteiger partial charge in [-0.15, -0.1) is 11.3 Å². The molecule has 26 heavy (non-hydrogen) atoms. The van der Waals surface area contributed by atoms with Crippen LogP contribution in [0.5, 0.6) is 5.75 Å². The van der Waals surface area contributed by atoms with E-state index in [2.05, 4.69) is 10.1 Å². The molecule has 8 heteroatoms. The summed E-state index contributed by atoms with van der Waals surface area (Å²) >= 11 is 1.05. The van der Waals surface area contributed by atoms with E-state index >= 15 is 0 Å². The van der Waals surface area contributed by atoms with Crippen LogP contribution >= 0.6 is 11.3 Å². The third-order valence-corrected chi connectivity index (χ3v) is 4.64. The normalized spacial score (nSPS) is 12.0. The molecule has 0 aliphatic rings. The Kier molecular flexibility index (Phi) is 7.08. The molecule has 0 saturated heterocycles. The highest BCUT2D eigenvalue weighted by atomic mass is 32.1. The van der Waals surface area contributed by atoms with Crippen molar-refractivity contribution in [1.29, 1.82) is 0 Å². The lowest BCUT2D eigenvalue weighted by Gasteiger charge is -2.18. The Bertz CT molecular complexity index is 749. The molecule has 1 aromatic heterocycles. The minimum atomic E-state index is -3.03. The van der Waals surface area contributed by atoms with Gasteiger partial charge in [-0.3, -0.25) is 9.59 Å². The second-order valence-electron chi connectivity index (χ2n) is 5.72. The number of carboxylic acids is 1. The summed E-state index contributed by atoms with van der Waals surface area (Å²) in [7, 11) is 0. The first kappa shape index (κ1) is 19.8. The average Bonchev–Trinajstić information content (AvgIpc) is 2.93. The van der Waals surface area contributed by atoms with Crippen molar-refractivity contribution in [3.63, 3.8) is 0 Å². The van der Waals surface area contributed by atoms with Crippen molar-refractivity contribution in [3.8, 4) is 5.75 Å². The molecule has 1 aromatic carbocycles. The number of aryl methyl sites for hydroxylation is 1. The monoisotopic (exact) mass is 383 g/mol. The molecular weight excluding hydrogens is 364 g/mol. The van der Waals surface area contributed by atoms with Crippen molar-refractivity contribution in [3.05, 3.63) is 51.7 Å². The Hall–Kier alpha value is -2.48. The van der Waals surface area contributed by atoms with Gasteiger partial charge in [-0.2, -0.15) is 8.78 Å². The highest BCUT2D eigenvalue weighted by molar-refractivity contribution is 7.14. The lowest BCUT2D eigenvalue weighted by atomic mass is 10.0. The molecule has 2 rings (SSSR count). The van der Waals surface area contributed by atoms with Crippen LogP contribution in [0.25, 0.3) is 0 Å². The van der Waals surface area contributed by atoms with Crippen LogP contribution in [0.15, 0.2) is 36.4 Å². The predicted molar refractivity (Wildman–Crippen MR) is 94.0 cm³/mol. The van der Waals surface area contributed by atoms with Crippen molar-refractivity contribution >= 4 is 23.2 Å². The molecule has 0 fully saturated rings. The molecule has 1 atom stereocenters. The van der Waals surface area contributed by atoms with Gasteiger partial charge in [0, 0.05) is 17.3 Å². The number of thiophene rings is 1. The van der Waals surface area contributed by atoms with Gasteiger partial charge in [0.2, 0.25) is 0 Å². The molecular formula is C18H19F2NO4S. The Balaban J connectivity index is 2.13. The molecule has 0 spiro atoms. The van der Waals surface area contributed by atoms with E-state index in [4.69, 9.17) is 5.11 Å². The van der Waals surface area contributed by atoms with Crippen LogP contribution in [0.2, 0.25) is 0 Å². The maximum Gasteiger partial charge on any atom is 0.387 e. The number of aliphatic carboxylic acids is 1. The third-order valence-electron chi connectivity index (χ3n) is 3.61. The van der Waals surface area contributed by atoms with Gasteiger partial charge < -0.3 is 15.2 Å². The van der Waals surface area contributed by atoms with Crippen LogP contribution < -0.4 is 10.1 Å². The second kappa shape index (κ2) is 9.28. The van der Waals surface area contributed by atoms with Crippen molar-refractivity contribution < 1.29 is 28.2 Å². The Morgan fingerprint density at radius 3 is 2.58 bits per heavy atom. The summed E-state index contributed by atoms with van der Waals surface area (Å²) in [6, 6.07) is 10.3. The quantitative estimate of drug-likeness (QED) is 0.689. The number of carboxylic acid groups (broad SMARTS) is 1. The minimum Gasteiger partial charge on any atom is -0.481 e. The van der Waals surface area contributed by atoms with Crippen LogP contribution in [0.3, 0.4) is 0 Å². The number of alkyl halides is 2. The number of amides is 1. The Morgan fingerprint density at radius 2 is 1.96 bits per heavy atom. The van der Waals surface area contributed by atoms with Gasteiger partial charge in [-0.05, 0) is 31.4 Å². The lowest BCUT2D eigenvalue weighted by molar-refractivity contribution is -0.137. The standard InChI is InChI=1S/C18H19F2NO4S/c1-11-9-14(25-18(19)20)16(26-11)17(24)21-13(7-8-15(22)23)10-12-5-3-2-4-6-12/h2-6,9,13,18H,7-8,10H2,1H3,(H,21,24)(H,22,23). The fraction of sp³-hybridized carbons (Fsp3) is 0.333. The number of halogens is 2. The fourth-order valence-corrected chi connectivity index (χ4v) is 3.35. The first-order valence-corrected chi connectivity index (χ1v) is 8.78. The number of nitrogens with one attached hydrogen (secondary N) is 1. The summed E-state index contributed by atoms with van der Waals surface area (Å²) in [5, 5.41) is 11.7. The van der Waals surface area contributed by atoms with E-state index in [0.717, 1.165) is 16.9 Å². The summed E-state index contributed by atoms with van der Waals surface area (Å²) in [4.78, 5) is 24.1. The summed E-state index contributed by atoms with van der Waals surface area (Å²) < 4.78 is 29.4. The molecule has 5 nitrogen and oxygen atoms in total. The van der Waals surface area contributed by atoms with E-state index in [1.165, 1.54) is 6.07 Å². The second-order valence-corrected chi connectivity index (χ2v) is 6.98. The van der Waals surface area contributed by atoms with Gasteiger partial charge in [-0.1, -0.05) is 30.3 Å².